The van der Waals surface area contributed by atoms with E-state index in [9.17, 15) is 24.8 Å². The molecule has 178 valence electrons. The van der Waals surface area contributed by atoms with Gasteiger partial charge in [-0.1, -0.05) is 6.07 Å². The second-order valence-electron chi connectivity index (χ2n) is 8.10. The minimum atomic E-state index is -1.57. The molecule has 0 saturated carbocycles. The van der Waals surface area contributed by atoms with Gasteiger partial charge in [-0.2, -0.15) is 0 Å². The monoisotopic (exact) mass is 454 g/mol. The summed E-state index contributed by atoms with van der Waals surface area (Å²) in [4.78, 5) is 0. The number of benzene rings is 1. The van der Waals surface area contributed by atoms with Crippen molar-refractivity contribution in [3.8, 4) is 11.6 Å². The molecule has 0 bridgehead atoms. The van der Waals surface area contributed by atoms with E-state index in [4.69, 9.17) is 14.2 Å². The van der Waals surface area contributed by atoms with E-state index in [1.807, 2.05) is 20.8 Å². The first-order chi connectivity index (χ1) is 15.2. The molecule has 1 aliphatic rings. The van der Waals surface area contributed by atoms with Gasteiger partial charge in [-0.25, -0.2) is 4.39 Å². The summed E-state index contributed by atoms with van der Waals surface area (Å²) in [5.41, 5.74) is 2.10. The minimum absolute atomic E-state index is 0.00188. The molecule has 2 heterocycles. The van der Waals surface area contributed by atoms with E-state index in [0.717, 1.165) is 5.69 Å². The van der Waals surface area contributed by atoms with Gasteiger partial charge in [0.2, 0.25) is 12.2 Å². The smallest absolute Gasteiger partial charge is 0.239 e. The summed E-state index contributed by atoms with van der Waals surface area (Å²) < 4.78 is 32.6. The zero-order valence-electron chi connectivity index (χ0n) is 18.6. The first-order valence-corrected chi connectivity index (χ1v) is 10.6. The van der Waals surface area contributed by atoms with E-state index in [0.29, 0.717) is 17.7 Å². The second kappa shape index (κ2) is 10.1. The molecule has 3 rings (SSSR count). The number of halogens is 1. The van der Waals surface area contributed by atoms with Gasteiger partial charge in [-0.05, 0) is 45.4 Å². The van der Waals surface area contributed by atoms with Gasteiger partial charge in [0.15, 0.2) is 11.6 Å². The van der Waals surface area contributed by atoms with Gasteiger partial charge in [0.25, 0.3) is 0 Å². The third kappa shape index (κ3) is 4.89. The van der Waals surface area contributed by atoms with E-state index < -0.39 is 43.1 Å². The number of aromatic nitrogens is 2. The average molecular weight is 454 g/mol. The van der Waals surface area contributed by atoms with Crippen LogP contribution in [0.4, 0.5) is 4.39 Å². The van der Waals surface area contributed by atoms with Gasteiger partial charge in [-0.15, -0.1) is 5.10 Å². The molecule has 9 nitrogen and oxygen atoms in total. The van der Waals surface area contributed by atoms with Gasteiger partial charge in [0, 0.05) is 23.7 Å². The third-order valence-corrected chi connectivity index (χ3v) is 5.48. The van der Waals surface area contributed by atoms with E-state index >= 15 is 0 Å². The van der Waals surface area contributed by atoms with Crippen molar-refractivity contribution < 1.29 is 39.0 Å². The zero-order valence-corrected chi connectivity index (χ0v) is 18.6. The molecule has 1 aromatic heterocycles. The Bertz CT molecular complexity index is 918. The summed E-state index contributed by atoms with van der Waals surface area (Å²) in [6.45, 7) is 7.30. The lowest BCUT2D eigenvalue weighted by Crippen LogP contribution is -2.60. The molecule has 2 aromatic rings. The van der Waals surface area contributed by atoms with Crippen LogP contribution in [0.5, 0.6) is 11.6 Å². The van der Waals surface area contributed by atoms with Crippen LogP contribution in [0.15, 0.2) is 18.2 Å². The Kier molecular flexibility index (Phi) is 7.73. The fourth-order valence-corrected chi connectivity index (χ4v) is 3.73. The number of hydrogen-bond acceptors (Lipinski definition) is 8. The summed E-state index contributed by atoms with van der Waals surface area (Å²) in [6.07, 6.45) is -6.80. The Balaban J connectivity index is 1.91. The fraction of sp³-hybridized carbons (Fsp3) is 0.591. The van der Waals surface area contributed by atoms with Crippen LogP contribution >= 0.6 is 0 Å². The SMILES string of the molecule is CCOc1ccc(Cc2c(OC3O[C@H](CO)[C@@H](O)[C@@H](O)[C@H]3O)nn(C(C)C)c2C)cc1F. The number of hydrogen-bond donors (Lipinski definition) is 4. The van der Waals surface area contributed by atoms with E-state index in [-0.39, 0.29) is 24.1 Å². The molecule has 1 fully saturated rings. The Morgan fingerprint density at radius 2 is 1.91 bits per heavy atom. The molecule has 10 heteroatoms. The van der Waals surface area contributed by atoms with Crippen molar-refractivity contribution in [2.75, 3.05) is 13.2 Å². The summed E-state index contributed by atoms with van der Waals surface area (Å²) in [6, 6.07) is 4.69. The van der Waals surface area contributed by atoms with E-state index in [2.05, 4.69) is 5.10 Å². The summed E-state index contributed by atoms with van der Waals surface area (Å²) in [5, 5.41) is 44.2. The predicted octanol–water partition coefficient (Wildman–Crippen LogP) is 1.08. The van der Waals surface area contributed by atoms with Crippen LogP contribution < -0.4 is 9.47 Å². The van der Waals surface area contributed by atoms with Crippen LogP contribution in [0.2, 0.25) is 0 Å². The van der Waals surface area contributed by atoms with E-state index in [1.165, 1.54) is 6.07 Å². The van der Waals surface area contributed by atoms with Gasteiger partial charge >= 0.3 is 0 Å². The van der Waals surface area contributed by atoms with Crippen molar-refractivity contribution in [3.63, 3.8) is 0 Å². The molecular weight excluding hydrogens is 423 g/mol. The van der Waals surface area contributed by atoms with Crippen molar-refractivity contribution in [2.45, 2.75) is 70.9 Å². The van der Waals surface area contributed by atoms with Crippen molar-refractivity contribution in [2.24, 2.45) is 0 Å². The van der Waals surface area contributed by atoms with Gasteiger partial charge < -0.3 is 34.6 Å². The number of rotatable bonds is 8. The Morgan fingerprint density at radius 3 is 2.50 bits per heavy atom. The highest BCUT2D eigenvalue weighted by Gasteiger charge is 2.45. The van der Waals surface area contributed by atoms with Crippen LogP contribution in [0.1, 0.15) is 43.6 Å². The largest absolute Gasteiger partial charge is 0.491 e. The summed E-state index contributed by atoms with van der Waals surface area (Å²) in [5.74, 6) is -0.159. The maximum Gasteiger partial charge on any atom is 0.239 e. The Hall–Kier alpha value is -2.24. The molecule has 0 radical (unpaired) electrons. The standard InChI is InChI=1S/C22H31FN2O7/c1-5-30-16-7-6-13(9-15(16)23)8-14-12(4)25(11(2)3)24-21(14)32-22-20(29)19(28)18(27)17(10-26)31-22/h6-7,9,11,17-20,22,26-29H,5,8,10H2,1-4H3/t17-,18-,19-,20-,22?/m1/s1. The zero-order chi connectivity index (χ0) is 23.6. The van der Waals surface area contributed by atoms with Crippen molar-refractivity contribution in [1.82, 2.24) is 9.78 Å². The van der Waals surface area contributed by atoms with Gasteiger partial charge in [0.1, 0.15) is 24.4 Å². The molecule has 1 saturated heterocycles. The normalized spacial score (nSPS) is 25.9. The maximum atomic E-state index is 14.4. The minimum Gasteiger partial charge on any atom is -0.491 e. The van der Waals surface area contributed by atoms with Crippen LogP contribution in [-0.4, -0.2) is 74.1 Å². The molecule has 32 heavy (non-hydrogen) atoms. The van der Waals surface area contributed by atoms with Crippen LogP contribution in [-0.2, 0) is 11.2 Å². The molecule has 5 atom stereocenters. The average Bonchev–Trinajstić information content (AvgIpc) is 3.06. The number of aliphatic hydroxyl groups is 4. The van der Waals surface area contributed by atoms with E-state index in [1.54, 1.807) is 23.7 Å². The topological polar surface area (TPSA) is 126 Å². The first-order valence-electron chi connectivity index (χ1n) is 10.6. The molecule has 1 aliphatic heterocycles. The quantitative estimate of drug-likeness (QED) is 0.467. The van der Waals surface area contributed by atoms with Crippen molar-refractivity contribution in [3.05, 3.63) is 40.8 Å². The summed E-state index contributed by atoms with van der Waals surface area (Å²) in [7, 11) is 0. The van der Waals surface area contributed by atoms with Crippen LogP contribution in [0.3, 0.4) is 0 Å². The third-order valence-electron chi connectivity index (χ3n) is 5.48. The Morgan fingerprint density at radius 1 is 1.19 bits per heavy atom. The summed E-state index contributed by atoms with van der Waals surface area (Å²) >= 11 is 0. The Labute approximate surface area is 186 Å². The molecule has 4 N–H and O–H groups in total. The highest BCUT2D eigenvalue weighted by Crippen LogP contribution is 2.31. The first kappa shape index (κ1) is 24.4. The molecule has 0 amide bonds. The fourth-order valence-electron chi connectivity index (χ4n) is 3.73. The number of nitrogens with zero attached hydrogens (tertiary/aromatic N) is 2. The maximum absolute atomic E-state index is 14.4. The predicted molar refractivity (Wildman–Crippen MR) is 112 cm³/mol. The van der Waals surface area contributed by atoms with Crippen LogP contribution in [0, 0.1) is 12.7 Å². The second-order valence-corrected chi connectivity index (χ2v) is 8.10. The molecule has 0 spiro atoms. The van der Waals surface area contributed by atoms with Crippen molar-refractivity contribution in [1.29, 1.82) is 0 Å². The molecule has 1 aromatic carbocycles. The lowest BCUT2D eigenvalue weighted by atomic mass is 9.99. The highest BCUT2D eigenvalue weighted by atomic mass is 19.1. The highest BCUT2D eigenvalue weighted by molar-refractivity contribution is 5.39. The van der Waals surface area contributed by atoms with Crippen LogP contribution in [0.25, 0.3) is 0 Å². The van der Waals surface area contributed by atoms with Gasteiger partial charge in [-0.3, -0.25) is 4.68 Å². The number of aliphatic hydroxyl groups excluding tert-OH is 4. The molecular formula is C22H31FN2O7. The van der Waals surface area contributed by atoms with Crippen molar-refractivity contribution >= 4 is 0 Å². The molecule has 1 unspecified atom stereocenters. The lowest BCUT2D eigenvalue weighted by Gasteiger charge is -2.39. The number of ether oxygens (including phenoxy) is 3. The lowest BCUT2D eigenvalue weighted by molar-refractivity contribution is -0.278. The van der Waals surface area contributed by atoms with Gasteiger partial charge in [0.05, 0.1) is 13.2 Å². The molecule has 0 aliphatic carbocycles.